The summed E-state index contributed by atoms with van der Waals surface area (Å²) in [5.41, 5.74) is 0.476. The highest BCUT2D eigenvalue weighted by Gasteiger charge is 2.25. The van der Waals surface area contributed by atoms with Crippen molar-refractivity contribution in [2.45, 2.75) is 4.90 Å². The van der Waals surface area contributed by atoms with Crippen LogP contribution in [0.3, 0.4) is 0 Å². The molecule has 0 aliphatic carbocycles. The van der Waals surface area contributed by atoms with Crippen LogP contribution in [0.1, 0.15) is 0 Å². The highest BCUT2D eigenvalue weighted by atomic mass is 35.5. The standard InChI is InChI=1S/C16H14ClNO4S/c1-2-9-18(13-5-8-15-16(10-13)22-11-21-15)23(19,20)14-6-3-12(17)4-7-14/h2-8,10H,1,9,11H2. The summed E-state index contributed by atoms with van der Waals surface area (Å²) in [6, 6.07) is 11.0. The smallest absolute Gasteiger partial charge is 0.264 e. The van der Waals surface area contributed by atoms with Crippen molar-refractivity contribution in [2.75, 3.05) is 17.6 Å². The molecule has 0 bridgehead atoms. The lowest BCUT2D eigenvalue weighted by atomic mass is 10.3. The molecular weight excluding hydrogens is 338 g/mol. The van der Waals surface area contributed by atoms with Crippen molar-refractivity contribution >= 4 is 27.3 Å². The number of hydrogen-bond acceptors (Lipinski definition) is 4. The molecule has 120 valence electrons. The minimum Gasteiger partial charge on any atom is -0.454 e. The van der Waals surface area contributed by atoms with Crippen molar-refractivity contribution in [3.8, 4) is 11.5 Å². The third-order valence-corrected chi connectivity index (χ3v) is 5.40. The number of nitrogens with zero attached hydrogens (tertiary/aromatic N) is 1. The zero-order valence-electron chi connectivity index (χ0n) is 12.1. The molecule has 0 fully saturated rings. The molecular formula is C16H14ClNO4S. The molecule has 0 radical (unpaired) electrons. The highest BCUT2D eigenvalue weighted by molar-refractivity contribution is 7.92. The molecule has 0 atom stereocenters. The van der Waals surface area contributed by atoms with Gasteiger partial charge >= 0.3 is 0 Å². The van der Waals surface area contributed by atoms with Crippen LogP contribution in [-0.4, -0.2) is 21.8 Å². The number of rotatable bonds is 5. The molecule has 0 saturated heterocycles. The highest BCUT2D eigenvalue weighted by Crippen LogP contribution is 2.37. The van der Waals surface area contributed by atoms with Gasteiger partial charge in [0.15, 0.2) is 11.5 Å². The van der Waals surface area contributed by atoms with E-state index in [2.05, 4.69) is 6.58 Å². The van der Waals surface area contributed by atoms with E-state index < -0.39 is 10.0 Å². The Morgan fingerprint density at radius 3 is 2.52 bits per heavy atom. The first-order valence-corrected chi connectivity index (χ1v) is 8.63. The van der Waals surface area contributed by atoms with Crippen LogP contribution in [0.4, 0.5) is 5.69 Å². The van der Waals surface area contributed by atoms with Gasteiger partial charge in [0.2, 0.25) is 6.79 Å². The van der Waals surface area contributed by atoms with Gasteiger partial charge in [0, 0.05) is 11.1 Å². The third-order valence-electron chi connectivity index (χ3n) is 3.34. The molecule has 2 aromatic carbocycles. The summed E-state index contributed by atoms with van der Waals surface area (Å²) >= 11 is 5.83. The number of sulfonamides is 1. The number of anilines is 1. The van der Waals surface area contributed by atoms with Crippen LogP contribution in [-0.2, 0) is 10.0 Å². The minimum absolute atomic E-state index is 0.129. The first kappa shape index (κ1) is 15.7. The maximum Gasteiger partial charge on any atom is 0.264 e. The molecule has 0 amide bonds. The topological polar surface area (TPSA) is 55.8 Å². The summed E-state index contributed by atoms with van der Waals surface area (Å²) in [5.74, 6) is 1.11. The van der Waals surface area contributed by atoms with Crippen molar-refractivity contribution in [2.24, 2.45) is 0 Å². The van der Waals surface area contributed by atoms with E-state index in [0.717, 1.165) is 0 Å². The van der Waals surface area contributed by atoms with E-state index in [0.29, 0.717) is 22.2 Å². The van der Waals surface area contributed by atoms with Gasteiger partial charge in [0.05, 0.1) is 17.1 Å². The molecule has 1 aliphatic heterocycles. The predicted molar refractivity (Wildman–Crippen MR) is 88.7 cm³/mol. The normalized spacial score (nSPS) is 12.9. The Hall–Kier alpha value is -2.18. The second kappa shape index (κ2) is 6.14. The molecule has 2 aromatic rings. The molecule has 1 heterocycles. The van der Waals surface area contributed by atoms with Crippen LogP contribution in [0.2, 0.25) is 5.02 Å². The van der Waals surface area contributed by atoms with Crippen LogP contribution in [0.15, 0.2) is 60.0 Å². The lowest BCUT2D eigenvalue weighted by Gasteiger charge is -2.23. The van der Waals surface area contributed by atoms with Gasteiger partial charge in [0.25, 0.3) is 10.0 Å². The van der Waals surface area contributed by atoms with Crippen LogP contribution in [0, 0.1) is 0 Å². The molecule has 3 rings (SSSR count). The third kappa shape index (κ3) is 3.00. The van der Waals surface area contributed by atoms with Gasteiger partial charge in [-0.15, -0.1) is 6.58 Å². The summed E-state index contributed by atoms with van der Waals surface area (Å²) in [7, 11) is -3.74. The fourth-order valence-corrected chi connectivity index (χ4v) is 3.79. The lowest BCUT2D eigenvalue weighted by Crippen LogP contribution is -2.31. The molecule has 0 unspecified atom stereocenters. The van der Waals surface area contributed by atoms with Gasteiger partial charge in [-0.05, 0) is 36.4 Å². The largest absolute Gasteiger partial charge is 0.454 e. The molecule has 0 aromatic heterocycles. The van der Waals surface area contributed by atoms with Gasteiger partial charge in [-0.2, -0.15) is 0 Å². The molecule has 7 heteroatoms. The van der Waals surface area contributed by atoms with Crippen molar-refractivity contribution in [1.82, 2.24) is 0 Å². The Labute approximate surface area is 139 Å². The predicted octanol–water partition coefficient (Wildman–Crippen LogP) is 3.45. The van der Waals surface area contributed by atoms with Crippen LogP contribution < -0.4 is 13.8 Å². The van der Waals surface area contributed by atoms with Crippen molar-refractivity contribution < 1.29 is 17.9 Å². The first-order valence-electron chi connectivity index (χ1n) is 6.81. The van der Waals surface area contributed by atoms with Crippen molar-refractivity contribution in [3.05, 3.63) is 60.1 Å². The number of halogens is 1. The zero-order chi connectivity index (χ0) is 16.4. The summed E-state index contributed by atoms with van der Waals surface area (Å²) in [6.07, 6.45) is 1.53. The molecule has 0 spiro atoms. The van der Waals surface area contributed by atoms with E-state index in [-0.39, 0.29) is 18.2 Å². The molecule has 0 saturated carbocycles. The SMILES string of the molecule is C=CCN(c1ccc2c(c1)OCO2)S(=O)(=O)c1ccc(Cl)cc1. The quantitative estimate of drug-likeness (QED) is 0.774. The monoisotopic (exact) mass is 351 g/mol. The Bertz CT molecular complexity index is 834. The number of fused-ring (bicyclic) bond motifs is 1. The van der Waals surface area contributed by atoms with Crippen molar-refractivity contribution in [1.29, 1.82) is 0 Å². The molecule has 23 heavy (non-hydrogen) atoms. The van der Waals surface area contributed by atoms with Crippen LogP contribution in [0.5, 0.6) is 11.5 Å². The fourth-order valence-electron chi connectivity index (χ4n) is 2.23. The summed E-state index contributed by atoms with van der Waals surface area (Å²) in [6.45, 7) is 3.90. The summed E-state index contributed by atoms with van der Waals surface area (Å²) < 4.78 is 37.6. The van der Waals surface area contributed by atoms with E-state index in [1.54, 1.807) is 30.3 Å². The van der Waals surface area contributed by atoms with Crippen LogP contribution >= 0.6 is 11.6 Å². The lowest BCUT2D eigenvalue weighted by molar-refractivity contribution is 0.174. The average Bonchev–Trinajstić information content (AvgIpc) is 3.00. The van der Waals surface area contributed by atoms with Crippen molar-refractivity contribution in [3.63, 3.8) is 0 Å². The first-order chi connectivity index (χ1) is 11.0. The maximum absolute atomic E-state index is 12.9. The van der Waals surface area contributed by atoms with E-state index >= 15 is 0 Å². The number of ether oxygens (including phenoxy) is 2. The Balaban J connectivity index is 2.04. The summed E-state index contributed by atoms with van der Waals surface area (Å²) in [4.78, 5) is 0.154. The maximum atomic E-state index is 12.9. The average molecular weight is 352 g/mol. The van der Waals surface area contributed by atoms with E-state index in [4.69, 9.17) is 21.1 Å². The minimum atomic E-state index is -3.74. The molecule has 0 N–H and O–H groups in total. The number of hydrogen-bond donors (Lipinski definition) is 0. The van der Waals surface area contributed by atoms with Gasteiger partial charge < -0.3 is 9.47 Å². The van der Waals surface area contributed by atoms with Gasteiger partial charge in [0.1, 0.15) is 0 Å². The Morgan fingerprint density at radius 1 is 1.13 bits per heavy atom. The van der Waals surface area contributed by atoms with Crippen LogP contribution in [0.25, 0.3) is 0 Å². The summed E-state index contributed by atoms with van der Waals surface area (Å²) in [5, 5.41) is 0.474. The van der Waals surface area contributed by atoms with E-state index in [9.17, 15) is 8.42 Å². The van der Waals surface area contributed by atoms with Gasteiger partial charge in [-0.1, -0.05) is 17.7 Å². The second-order valence-corrected chi connectivity index (χ2v) is 7.12. The Morgan fingerprint density at radius 2 is 1.83 bits per heavy atom. The molecule has 5 nitrogen and oxygen atoms in total. The van der Waals surface area contributed by atoms with Gasteiger partial charge in [-0.25, -0.2) is 8.42 Å². The molecule has 1 aliphatic rings. The number of benzene rings is 2. The Kier molecular flexibility index (Phi) is 4.19. The fraction of sp³-hybridized carbons (Fsp3) is 0.125. The van der Waals surface area contributed by atoms with E-state index in [1.807, 2.05) is 0 Å². The second-order valence-electron chi connectivity index (χ2n) is 4.82. The van der Waals surface area contributed by atoms with Gasteiger partial charge in [-0.3, -0.25) is 4.31 Å². The van der Waals surface area contributed by atoms with E-state index in [1.165, 1.54) is 22.5 Å². The zero-order valence-corrected chi connectivity index (χ0v) is 13.7.